The number of halogens is 3. The van der Waals surface area contributed by atoms with Gasteiger partial charge in [-0.15, -0.1) is 0 Å². The number of carboxylic acid groups (broad SMARTS) is 1. The van der Waals surface area contributed by atoms with Crippen LogP contribution in [0.3, 0.4) is 0 Å². The van der Waals surface area contributed by atoms with E-state index in [1.54, 1.807) is 30.5 Å². The first-order valence-corrected chi connectivity index (χ1v) is 12.1. The highest BCUT2D eigenvalue weighted by Gasteiger charge is 2.37. The first-order valence-electron chi connectivity index (χ1n) is 12.1. The highest BCUT2D eigenvalue weighted by atomic mass is 19.4. The van der Waals surface area contributed by atoms with E-state index >= 15 is 0 Å². The van der Waals surface area contributed by atoms with Crippen LogP contribution in [-0.2, 0) is 9.59 Å². The summed E-state index contributed by atoms with van der Waals surface area (Å²) in [6.45, 7) is 2.17. The molecule has 2 N–H and O–H groups in total. The molecule has 2 aliphatic carbocycles. The first kappa shape index (κ1) is 27.2. The Morgan fingerprint density at radius 3 is 2.56 bits per heavy atom. The normalized spacial score (nSPS) is 20.3. The van der Waals surface area contributed by atoms with Crippen molar-refractivity contribution in [3.05, 3.63) is 66.1 Å². The number of carboxylic acids is 1. The molecule has 3 rings (SSSR count). The van der Waals surface area contributed by atoms with Crippen LogP contribution in [0.15, 0.2) is 60.4 Å². The van der Waals surface area contributed by atoms with Gasteiger partial charge in [0.1, 0.15) is 11.9 Å². The third-order valence-electron chi connectivity index (χ3n) is 6.18. The molecule has 0 radical (unpaired) electrons. The Hall–Kier alpha value is -3.36. The van der Waals surface area contributed by atoms with Gasteiger partial charge in [-0.05, 0) is 37.0 Å². The summed E-state index contributed by atoms with van der Waals surface area (Å²) in [5.74, 6) is -2.11. The summed E-state index contributed by atoms with van der Waals surface area (Å²) in [5, 5.41) is 11.3. The second-order valence-corrected chi connectivity index (χ2v) is 8.90. The molecule has 36 heavy (non-hydrogen) atoms. The smallest absolute Gasteiger partial charge is 0.395 e. The third kappa shape index (κ3) is 7.83. The molecule has 0 saturated carbocycles. The summed E-state index contributed by atoms with van der Waals surface area (Å²) in [5.41, 5.74) is 1.74. The molecule has 1 aromatic heterocycles. The van der Waals surface area contributed by atoms with Gasteiger partial charge in [-0.25, -0.2) is 0 Å². The lowest BCUT2D eigenvalue weighted by Crippen LogP contribution is -2.30. The molecule has 0 aliphatic heterocycles. The van der Waals surface area contributed by atoms with Crippen LogP contribution in [0.1, 0.15) is 51.1 Å². The van der Waals surface area contributed by atoms with Crippen LogP contribution in [0.5, 0.6) is 5.75 Å². The minimum Gasteiger partial charge on any atom is -0.488 e. The van der Waals surface area contributed by atoms with Gasteiger partial charge in [-0.3, -0.25) is 14.6 Å². The molecule has 9 heteroatoms. The average Bonchev–Trinajstić information content (AvgIpc) is 2.86. The zero-order valence-electron chi connectivity index (χ0n) is 20.1. The van der Waals surface area contributed by atoms with Crippen molar-refractivity contribution in [2.75, 3.05) is 6.54 Å². The second kappa shape index (κ2) is 12.6. The van der Waals surface area contributed by atoms with E-state index in [-0.39, 0.29) is 37.3 Å². The van der Waals surface area contributed by atoms with Crippen molar-refractivity contribution in [1.82, 2.24) is 10.3 Å². The lowest BCUT2D eigenvalue weighted by Gasteiger charge is -2.27. The molecule has 0 saturated heterocycles. The lowest BCUT2D eigenvalue weighted by molar-refractivity contribution is -0.160. The molecule has 3 atom stereocenters. The number of alkyl halides is 3. The minimum atomic E-state index is -4.25. The quantitative estimate of drug-likeness (QED) is 0.408. The molecule has 1 heterocycles. The first-order chi connectivity index (χ1) is 17.2. The van der Waals surface area contributed by atoms with E-state index < -0.39 is 18.1 Å². The fourth-order valence-corrected chi connectivity index (χ4v) is 4.08. The SMILES string of the molecule is CCCCC(Oc1ccc(C2=CCC(C(F)(F)F)C=C2)nc1)C1C=CC(C(=O)NCCC(=O)O)=CC1. The summed E-state index contributed by atoms with van der Waals surface area (Å²) in [7, 11) is 0. The summed E-state index contributed by atoms with van der Waals surface area (Å²) in [6.07, 6.45) is 10.1. The number of amides is 1. The maximum atomic E-state index is 12.9. The van der Waals surface area contributed by atoms with Gasteiger partial charge in [0.05, 0.1) is 24.2 Å². The van der Waals surface area contributed by atoms with Crippen LogP contribution < -0.4 is 10.1 Å². The topological polar surface area (TPSA) is 88.5 Å². The van der Waals surface area contributed by atoms with Gasteiger partial charge >= 0.3 is 12.1 Å². The van der Waals surface area contributed by atoms with E-state index in [1.807, 2.05) is 12.2 Å². The number of hydrogen-bond acceptors (Lipinski definition) is 4. The number of allylic oxidation sites excluding steroid dienone is 5. The largest absolute Gasteiger partial charge is 0.488 e. The zero-order valence-corrected chi connectivity index (χ0v) is 20.1. The number of nitrogens with zero attached hydrogens (tertiary/aromatic N) is 1. The Labute approximate surface area is 208 Å². The molecule has 2 aliphatic rings. The Bertz CT molecular complexity index is 1040. The molecule has 3 unspecified atom stereocenters. The van der Waals surface area contributed by atoms with Gasteiger partial charge in [0, 0.05) is 18.0 Å². The summed E-state index contributed by atoms with van der Waals surface area (Å²) in [4.78, 5) is 27.2. The zero-order chi connectivity index (χ0) is 26.1. The molecule has 0 bridgehead atoms. The third-order valence-corrected chi connectivity index (χ3v) is 6.18. The Kier molecular flexibility index (Phi) is 9.50. The van der Waals surface area contributed by atoms with E-state index in [1.165, 1.54) is 12.2 Å². The average molecular weight is 505 g/mol. The second-order valence-electron chi connectivity index (χ2n) is 8.90. The predicted octanol–water partition coefficient (Wildman–Crippen LogP) is 5.63. The van der Waals surface area contributed by atoms with Gasteiger partial charge in [-0.1, -0.05) is 56.2 Å². The summed E-state index contributed by atoms with van der Waals surface area (Å²) >= 11 is 0. The maximum absolute atomic E-state index is 12.9. The molecule has 1 aromatic rings. The fraction of sp³-hybridized carbons (Fsp3) is 0.444. The molecule has 0 fully saturated rings. The van der Waals surface area contributed by atoms with Crippen molar-refractivity contribution < 1.29 is 32.6 Å². The number of nitrogens with one attached hydrogen (secondary N) is 1. The minimum absolute atomic E-state index is 0.0510. The summed E-state index contributed by atoms with van der Waals surface area (Å²) in [6, 6.07) is 3.52. The van der Waals surface area contributed by atoms with E-state index in [2.05, 4.69) is 17.2 Å². The van der Waals surface area contributed by atoms with Crippen LogP contribution in [0.4, 0.5) is 13.2 Å². The molecule has 6 nitrogen and oxygen atoms in total. The van der Waals surface area contributed by atoms with Crippen molar-refractivity contribution >= 4 is 17.4 Å². The van der Waals surface area contributed by atoms with Gasteiger partial charge < -0.3 is 15.2 Å². The number of rotatable bonds is 11. The molecule has 194 valence electrons. The standard InChI is InChI=1S/C27H31F3N2O4/c1-2-3-4-24(19-5-7-20(8-6-19)26(35)31-16-15-25(33)34)36-22-13-14-23(32-17-22)18-9-11-21(12-10-18)27(28,29)30/h5,7-11,13-14,17,19,21,24H,2-4,6,12,15-16H2,1H3,(H,31,35)(H,33,34). The number of carbonyl (C=O) groups excluding carboxylic acids is 1. The highest BCUT2D eigenvalue weighted by molar-refractivity contribution is 5.96. The highest BCUT2D eigenvalue weighted by Crippen LogP contribution is 2.35. The molecular weight excluding hydrogens is 473 g/mol. The number of ether oxygens (including phenoxy) is 1. The number of carbonyl (C=O) groups is 2. The van der Waals surface area contributed by atoms with Crippen LogP contribution in [0.25, 0.3) is 5.57 Å². The van der Waals surface area contributed by atoms with Crippen LogP contribution in [0.2, 0.25) is 0 Å². The van der Waals surface area contributed by atoms with Gasteiger partial charge in [0.25, 0.3) is 5.91 Å². The number of unbranched alkanes of at least 4 members (excludes halogenated alkanes) is 1. The number of aliphatic carboxylic acids is 1. The molecule has 1 amide bonds. The van der Waals surface area contributed by atoms with Gasteiger partial charge in [0.15, 0.2) is 0 Å². The Morgan fingerprint density at radius 1 is 1.19 bits per heavy atom. The van der Waals surface area contributed by atoms with Crippen LogP contribution in [0, 0.1) is 11.8 Å². The van der Waals surface area contributed by atoms with Crippen LogP contribution >= 0.6 is 0 Å². The fourth-order valence-electron chi connectivity index (χ4n) is 4.08. The molecule has 0 spiro atoms. The predicted molar refractivity (Wildman–Crippen MR) is 130 cm³/mol. The van der Waals surface area contributed by atoms with Crippen molar-refractivity contribution in [2.45, 2.75) is 57.7 Å². The van der Waals surface area contributed by atoms with Crippen molar-refractivity contribution in [3.8, 4) is 5.75 Å². The maximum Gasteiger partial charge on any atom is 0.395 e. The summed E-state index contributed by atoms with van der Waals surface area (Å²) < 4.78 is 44.8. The monoisotopic (exact) mass is 504 g/mol. The van der Waals surface area contributed by atoms with E-state index in [0.29, 0.717) is 29.0 Å². The van der Waals surface area contributed by atoms with Gasteiger partial charge in [-0.2, -0.15) is 13.2 Å². The van der Waals surface area contributed by atoms with Crippen molar-refractivity contribution in [2.24, 2.45) is 11.8 Å². The van der Waals surface area contributed by atoms with E-state index in [0.717, 1.165) is 19.3 Å². The Morgan fingerprint density at radius 2 is 2.00 bits per heavy atom. The molecule has 0 aromatic carbocycles. The van der Waals surface area contributed by atoms with Crippen molar-refractivity contribution in [1.29, 1.82) is 0 Å². The lowest BCUT2D eigenvalue weighted by atomic mass is 9.89. The number of aromatic nitrogens is 1. The van der Waals surface area contributed by atoms with Crippen LogP contribution in [-0.4, -0.2) is 40.8 Å². The Balaban J connectivity index is 1.59. The van der Waals surface area contributed by atoms with E-state index in [9.17, 15) is 22.8 Å². The van der Waals surface area contributed by atoms with Crippen molar-refractivity contribution in [3.63, 3.8) is 0 Å². The van der Waals surface area contributed by atoms with Gasteiger partial charge in [0.2, 0.25) is 0 Å². The van der Waals surface area contributed by atoms with E-state index in [4.69, 9.17) is 9.84 Å². The molecular formula is C27H31F3N2O4. The number of hydrogen-bond donors (Lipinski definition) is 2. The number of pyridine rings is 1.